The molecule has 0 aromatic heterocycles. The Balaban J connectivity index is 1.81. The molecule has 1 fully saturated rings. The third kappa shape index (κ3) is 2.21. The number of carboxylic acid groups (broad SMARTS) is 1. The average molecular weight is 262 g/mol. The maximum Gasteiger partial charge on any atom is 0.407 e. The molecule has 0 aliphatic carbocycles. The highest BCUT2D eigenvalue weighted by molar-refractivity contribution is 5.95. The fourth-order valence-corrected chi connectivity index (χ4v) is 2.56. The van der Waals surface area contributed by atoms with Crippen molar-refractivity contribution in [2.45, 2.75) is 12.3 Å². The average Bonchev–Trinajstić information content (AvgIpc) is 2.87. The summed E-state index contributed by atoms with van der Waals surface area (Å²) in [6.07, 6.45) is -0.0722. The molecule has 2 N–H and O–H groups in total. The van der Waals surface area contributed by atoms with Crippen molar-refractivity contribution in [2.75, 3.05) is 25.0 Å². The number of likely N-dealkylation sites (tertiary alicyclic amines) is 1. The number of hydrogen-bond acceptors (Lipinski definition) is 3. The van der Waals surface area contributed by atoms with Gasteiger partial charge in [0.15, 0.2) is 6.61 Å². The number of carbonyl (C=O) groups is 2. The largest absolute Gasteiger partial charge is 0.482 e. The molecule has 2 heterocycles. The van der Waals surface area contributed by atoms with E-state index in [9.17, 15) is 9.59 Å². The van der Waals surface area contributed by atoms with Gasteiger partial charge in [0.25, 0.3) is 5.91 Å². The zero-order valence-electron chi connectivity index (χ0n) is 10.3. The van der Waals surface area contributed by atoms with Crippen molar-refractivity contribution in [1.29, 1.82) is 0 Å². The number of amides is 2. The molecule has 6 nitrogen and oxygen atoms in total. The minimum Gasteiger partial charge on any atom is -0.482 e. The molecule has 2 aliphatic rings. The molecule has 0 spiro atoms. The van der Waals surface area contributed by atoms with Crippen molar-refractivity contribution in [3.05, 3.63) is 23.8 Å². The maximum absolute atomic E-state index is 11.3. The van der Waals surface area contributed by atoms with Crippen LogP contribution < -0.4 is 10.1 Å². The number of anilines is 1. The molecule has 1 saturated heterocycles. The Morgan fingerprint density at radius 2 is 2.32 bits per heavy atom. The Hall–Kier alpha value is -2.24. The van der Waals surface area contributed by atoms with Crippen molar-refractivity contribution in [1.82, 2.24) is 4.90 Å². The SMILES string of the molecule is O=C1COc2ccc(C3CCN(C(=O)O)C3)cc2N1. The van der Waals surface area contributed by atoms with E-state index in [4.69, 9.17) is 9.84 Å². The van der Waals surface area contributed by atoms with E-state index in [1.165, 1.54) is 4.90 Å². The van der Waals surface area contributed by atoms with Crippen molar-refractivity contribution >= 4 is 17.7 Å². The summed E-state index contributed by atoms with van der Waals surface area (Å²) in [5.41, 5.74) is 1.70. The van der Waals surface area contributed by atoms with Crippen molar-refractivity contribution in [3.63, 3.8) is 0 Å². The molecule has 1 aromatic carbocycles. The van der Waals surface area contributed by atoms with Gasteiger partial charge in [-0.3, -0.25) is 4.79 Å². The normalized spacial score (nSPS) is 21.6. The zero-order chi connectivity index (χ0) is 13.4. The van der Waals surface area contributed by atoms with Gasteiger partial charge in [-0.2, -0.15) is 0 Å². The van der Waals surface area contributed by atoms with E-state index in [1.54, 1.807) is 0 Å². The van der Waals surface area contributed by atoms with Crippen molar-refractivity contribution < 1.29 is 19.4 Å². The molecule has 2 amide bonds. The highest BCUT2D eigenvalue weighted by atomic mass is 16.5. The van der Waals surface area contributed by atoms with Crippen LogP contribution in [-0.4, -0.2) is 41.7 Å². The Bertz CT molecular complexity index is 543. The highest BCUT2D eigenvalue weighted by Crippen LogP contribution is 2.34. The number of fused-ring (bicyclic) bond motifs is 1. The van der Waals surface area contributed by atoms with Crippen LogP contribution in [0.1, 0.15) is 17.9 Å². The summed E-state index contributed by atoms with van der Waals surface area (Å²) in [7, 11) is 0. The second-order valence-corrected chi connectivity index (χ2v) is 4.81. The fraction of sp³-hybridized carbons (Fsp3) is 0.385. The molecule has 1 aromatic rings. The second-order valence-electron chi connectivity index (χ2n) is 4.81. The van der Waals surface area contributed by atoms with Crippen molar-refractivity contribution in [3.8, 4) is 5.75 Å². The summed E-state index contributed by atoms with van der Waals surface area (Å²) in [5, 5.41) is 11.7. The van der Waals surface area contributed by atoms with Gasteiger partial charge < -0.3 is 20.1 Å². The Labute approximate surface area is 110 Å². The maximum atomic E-state index is 11.3. The van der Waals surface area contributed by atoms with Crippen LogP contribution in [-0.2, 0) is 4.79 Å². The second kappa shape index (κ2) is 4.46. The monoisotopic (exact) mass is 262 g/mol. The summed E-state index contributed by atoms with van der Waals surface area (Å²) in [4.78, 5) is 23.6. The minimum absolute atomic E-state index is 0.0442. The van der Waals surface area contributed by atoms with E-state index in [2.05, 4.69) is 5.32 Å². The van der Waals surface area contributed by atoms with Crippen LogP contribution in [0.4, 0.5) is 10.5 Å². The first-order valence-corrected chi connectivity index (χ1v) is 6.18. The summed E-state index contributed by atoms with van der Waals surface area (Å²) >= 11 is 0. The molecule has 19 heavy (non-hydrogen) atoms. The topological polar surface area (TPSA) is 78.9 Å². The standard InChI is InChI=1S/C13H14N2O4/c16-12-7-19-11-2-1-8(5-10(11)14-12)9-3-4-15(6-9)13(17)18/h1-2,5,9H,3-4,6-7H2,(H,14,16)(H,17,18). The molecule has 2 aliphatic heterocycles. The molecule has 0 bridgehead atoms. The fourth-order valence-electron chi connectivity index (χ4n) is 2.56. The van der Waals surface area contributed by atoms with Crippen LogP contribution in [0.2, 0.25) is 0 Å². The number of nitrogens with zero attached hydrogens (tertiary/aromatic N) is 1. The molecule has 1 atom stereocenters. The molecule has 0 saturated carbocycles. The summed E-state index contributed by atoms with van der Waals surface area (Å²) in [6.45, 7) is 1.10. The van der Waals surface area contributed by atoms with Gasteiger partial charge in [0.05, 0.1) is 5.69 Å². The van der Waals surface area contributed by atoms with Crippen LogP contribution in [0.25, 0.3) is 0 Å². The number of ether oxygens (including phenoxy) is 1. The van der Waals surface area contributed by atoms with Gasteiger partial charge in [-0.25, -0.2) is 4.79 Å². The molecule has 100 valence electrons. The van der Waals surface area contributed by atoms with Gasteiger partial charge in [0.2, 0.25) is 0 Å². The van der Waals surface area contributed by atoms with E-state index in [0.29, 0.717) is 24.5 Å². The lowest BCUT2D eigenvalue weighted by Gasteiger charge is -2.20. The van der Waals surface area contributed by atoms with Gasteiger partial charge in [-0.05, 0) is 24.1 Å². The Morgan fingerprint density at radius 3 is 3.05 bits per heavy atom. The van der Waals surface area contributed by atoms with E-state index in [0.717, 1.165) is 12.0 Å². The lowest BCUT2D eigenvalue weighted by molar-refractivity contribution is -0.118. The lowest BCUT2D eigenvalue weighted by atomic mass is 9.97. The van der Waals surface area contributed by atoms with Crippen LogP contribution in [0, 0.1) is 0 Å². The summed E-state index contributed by atoms with van der Waals surface area (Å²) < 4.78 is 5.30. The van der Waals surface area contributed by atoms with Crippen molar-refractivity contribution in [2.24, 2.45) is 0 Å². The molecular weight excluding hydrogens is 248 g/mol. The first kappa shape index (κ1) is 11.8. The third-order valence-corrected chi connectivity index (χ3v) is 3.57. The van der Waals surface area contributed by atoms with Crippen LogP contribution >= 0.6 is 0 Å². The first-order valence-electron chi connectivity index (χ1n) is 6.18. The lowest BCUT2D eigenvalue weighted by Crippen LogP contribution is -2.26. The number of carbonyl (C=O) groups excluding carboxylic acids is 1. The molecule has 3 rings (SSSR count). The number of rotatable bonds is 1. The predicted molar refractivity (Wildman–Crippen MR) is 67.5 cm³/mol. The quantitative estimate of drug-likeness (QED) is 0.803. The molecule has 1 unspecified atom stereocenters. The number of nitrogens with one attached hydrogen (secondary N) is 1. The minimum atomic E-state index is -0.878. The molecule has 6 heteroatoms. The highest BCUT2D eigenvalue weighted by Gasteiger charge is 2.28. The third-order valence-electron chi connectivity index (χ3n) is 3.57. The first-order chi connectivity index (χ1) is 9.13. The van der Waals surface area contributed by atoms with Gasteiger partial charge in [-0.15, -0.1) is 0 Å². The van der Waals surface area contributed by atoms with Gasteiger partial charge >= 0.3 is 6.09 Å². The number of hydrogen-bond donors (Lipinski definition) is 2. The Kier molecular flexibility index (Phi) is 2.77. The molecule has 0 radical (unpaired) electrons. The van der Waals surface area contributed by atoms with Gasteiger partial charge in [0.1, 0.15) is 5.75 Å². The summed E-state index contributed by atoms with van der Waals surface area (Å²) in [6, 6.07) is 5.64. The van der Waals surface area contributed by atoms with Gasteiger partial charge in [-0.1, -0.05) is 6.07 Å². The van der Waals surface area contributed by atoms with Crippen LogP contribution in [0.3, 0.4) is 0 Å². The number of benzene rings is 1. The predicted octanol–water partition coefficient (Wildman–Crippen LogP) is 1.48. The summed E-state index contributed by atoms with van der Waals surface area (Å²) in [5.74, 6) is 0.680. The Morgan fingerprint density at radius 1 is 1.47 bits per heavy atom. The van der Waals surface area contributed by atoms with E-state index in [-0.39, 0.29) is 18.4 Å². The zero-order valence-corrected chi connectivity index (χ0v) is 10.3. The van der Waals surface area contributed by atoms with Crippen LogP contribution in [0.15, 0.2) is 18.2 Å². The molecular formula is C13H14N2O4. The van der Waals surface area contributed by atoms with E-state index < -0.39 is 6.09 Å². The van der Waals surface area contributed by atoms with E-state index in [1.807, 2.05) is 18.2 Å². The smallest absolute Gasteiger partial charge is 0.407 e. The van der Waals surface area contributed by atoms with E-state index >= 15 is 0 Å². The van der Waals surface area contributed by atoms with Gasteiger partial charge in [0, 0.05) is 19.0 Å². The van der Waals surface area contributed by atoms with Crippen LogP contribution in [0.5, 0.6) is 5.75 Å².